The third-order valence-electron chi connectivity index (χ3n) is 1.33. The van der Waals surface area contributed by atoms with E-state index in [-0.39, 0.29) is 5.56 Å². The topological polar surface area (TPSA) is 33.0 Å². The van der Waals surface area contributed by atoms with E-state index in [0.29, 0.717) is 12.1 Å². The van der Waals surface area contributed by atoms with E-state index in [4.69, 9.17) is 5.26 Å². The van der Waals surface area contributed by atoms with Gasteiger partial charge in [-0.3, -0.25) is 0 Å². The highest BCUT2D eigenvalue weighted by atomic mass is 19.3. The van der Waals surface area contributed by atoms with Crippen LogP contribution in [0.1, 0.15) is 5.56 Å². The van der Waals surface area contributed by atoms with E-state index in [0.717, 1.165) is 0 Å². The summed E-state index contributed by atoms with van der Waals surface area (Å²) in [4.78, 5) is 0. The monoisotopic (exact) mass is 205 g/mol. The molecule has 0 amide bonds. The molecule has 74 valence electrons. The second kappa shape index (κ2) is 3.96. The molecule has 14 heavy (non-hydrogen) atoms. The van der Waals surface area contributed by atoms with Crippen LogP contribution in [0.2, 0.25) is 0 Å². The lowest BCUT2D eigenvalue weighted by Gasteiger charge is -2.06. The van der Waals surface area contributed by atoms with E-state index in [1.54, 1.807) is 0 Å². The van der Waals surface area contributed by atoms with Crippen molar-refractivity contribution in [2.75, 3.05) is 0 Å². The molecular weight excluding hydrogens is 202 g/mol. The van der Waals surface area contributed by atoms with Crippen LogP contribution in [0.3, 0.4) is 0 Å². The van der Waals surface area contributed by atoms with Gasteiger partial charge in [-0.1, -0.05) is 0 Å². The highest BCUT2D eigenvalue weighted by Gasteiger charge is 2.16. The molecule has 0 N–H and O–H groups in total. The smallest absolute Gasteiger partial charge is 0.387 e. The Kier molecular flexibility index (Phi) is 2.92. The minimum Gasteiger partial charge on any atom is -0.429 e. The van der Waals surface area contributed by atoms with Crippen molar-refractivity contribution >= 4 is 0 Å². The minimum atomic E-state index is -3.31. The highest BCUT2D eigenvalue weighted by Crippen LogP contribution is 2.24. The Morgan fingerprint density at radius 3 is 2.07 bits per heavy atom. The lowest BCUT2D eigenvalue weighted by molar-refractivity contribution is -0.0546. The summed E-state index contributed by atoms with van der Waals surface area (Å²) in [5, 5.41) is 8.29. The maximum absolute atomic E-state index is 12.8. The van der Waals surface area contributed by atoms with Crippen molar-refractivity contribution in [3.63, 3.8) is 0 Å². The van der Waals surface area contributed by atoms with E-state index in [9.17, 15) is 17.6 Å². The first-order chi connectivity index (χ1) is 6.54. The zero-order chi connectivity index (χ0) is 10.7. The van der Waals surface area contributed by atoms with Crippen LogP contribution in [0.15, 0.2) is 12.1 Å². The standard InChI is InChI=1S/C8H3F4NO/c9-5-1-4(3-13)2-6(10)7(5)14-8(11)12/h1-2,8H. The van der Waals surface area contributed by atoms with Gasteiger partial charge in [0, 0.05) is 0 Å². The molecule has 0 aliphatic carbocycles. The average molecular weight is 205 g/mol. The Morgan fingerprint density at radius 2 is 1.71 bits per heavy atom. The molecule has 0 saturated carbocycles. The SMILES string of the molecule is N#Cc1cc(F)c(OC(F)F)c(F)c1. The summed E-state index contributed by atoms with van der Waals surface area (Å²) in [6, 6.07) is 2.69. The van der Waals surface area contributed by atoms with Gasteiger partial charge in [-0.2, -0.15) is 14.0 Å². The molecule has 0 unspecified atom stereocenters. The van der Waals surface area contributed by atoms with Crippen LogP contribution in [0.25, 0.3) is 0 Å². The molecule has 0 bridgehead atoms. The molecule has 1 rings (SSSR count). The maximum Gasteiger partial charge on any atom is 0.387 e. The molecule has 0 atom stereocenters. The quantitative estimate of drug-likeness (QED) is 0.694. The van der Waals surface area contributed by atoms with Gasteiger partial charge < -0.3 is 4.74 Å². The first-order valence-corrected chi connectivity index (χ1v) is 3.38. The highest BCUT2D eigenvalue weighted by molar-refractivity contribution is 5.37. The molecule has 0 aliphatic rings. The molecule has 1 aromatic carbocycles. The molecular formula is C8H3F4NO. The fourth-order valence-corrected chi connectivity index (χ4v) is 0.826. The van der Waals surface area contributed by atoms with Crippen molar-refractivity contribution in [1.29, 1.82) is 5.26 Å². The lowest BCUT2D eigenvalue weighted by atomic mass is 10.2. The minimum absolute atomic E-state index is 0.304. The van der Waals surface area contributed by atoms with Gasteiger partial charge in [0.25, 0.3) is 0 Å². The van der Waals surface area contributed by atoms with Gasteiger partial charge in [0.1, 0.15) is 0 Å². The second-order valence-electron chi connectivity index (χ2n) is 2.26. The number of rotatable bonds is 2. The van der Waals surface area contributed by atoms with Gasteiger partial charge in [0.05, 0.1) is 11.6 Å². The van der Waals surface area contributed by atoms with Crippen LogP contribution < -0.4 is 4.74 Å². The number of nitriles is 1. The van der Waals surface area contributed by atoms with Crippen molar-refractivity contribution < 1.29 is 22.3 Å². The number of hydrogen-bond donors (Lipinski definition) is 0. The van der Waals surface area contributed by atoms with Crippen LogP contribution in [-0.4, -0.2) is 6.61 Å². The molecule has 0 saturated heterocycles. The van der Waals surface area contributed by atoms with Gasteiger partial charge in [0.15, 0.2) is 17.4 Å². The normalized spacial score (nSPS) is 10.0. The Morgan fingerprint density at radius 1 is 1.21 bits per heavy atom. The fraction of sp³-hybridized carbons (Fsp3) is 0.125. The summed E-state index contributed by atoms with van der Waals surface area (Å²) in [5.41, 5.74) is -0.304. The summed E-state index contributed by atoms with van der Waals surface area (Å²) < 4.78 is 52.5. The first kappa shape index (κ1) is 10.3. The summed E-state index contributed by atoms with van der Waals surface area (Å²) in [6.45, 7) is -3.31. The molecule has 0 fully saturated rings. The van der Waals surface area contributed by atoms with Gasteiger partial charge in [-0.15, -0.1) is 0 Å². The molecule has 0 radical (unpaired) electrons. The summed E-state index contributed by atoms with van der Waals surface area (Å²) in [7, 11) is 0. The second-order valence-corrected chi connectivity index (χ2v) is 2.26. The maximum atomic E-state index is 12.8. The number of ether oxygens (including phenoxy) is 1. The van der Waals surface area contributed by atoms with E-state index in [2.05, 4.69) is 4.74 Å². The van der Waals surface area contributed by atoms with Gasteiger partial charge in [0.2, 0.25) is 0 Å². The zero-order valence-electron chi connectivity index (χ0n) is 6.60. The third-order valence-corrected chi connectivity index (χ3v) is 1.33. The van der Waals surface area contributed by atoms with Crippen LogP contribution in [0.4, 0.5) is 17.6 Å². The number of nitrogens with zero attached hydrogens (tertiary/aromatic N) is 1. The third kappa shape index (κ3) is 2.13. The van der Waals surface area contributed by atoms with Crippen LogP contribution in [0.5, 0.6) is 5.75 Å². The van der Waals surface area contributed by atoms with Crippen LogP contribution >= 0.6 is 0 Å². The average Bonchev–Trinajstić information content (AvgIpc) is 2.10. The predicted molar refractivity (Wildman–Crippen MR) is 37.7 cm³/mol. The molecule has 6 heteroatoms. The van der Waals surface area contributed by atoms with E-state index < -0.39 is 24.0 Å². The zero-order valence-corrected chi connectivity index (χ0v) is 6.60. The van der Waals surface area contributed by atoms with Crippen LogP contribution in [-0.2, 0) is 0 Å². The molecule has 0 aromatic heterocycles. The van der Waals surface area contributed by atoms with Gasteiger partial charge in [-0.05, 0) is 12.1 Å². The van der Waals surface area contributed by atoms with Crippen molar-refractivity contribution in [2.45, 2.75) is 6.61 Å². The number of alkyl halides is 2. The number of benzene rings is 1. The number of hydrogen-bond acceptors (Lipinski definition) is 2. The molecule has 0 heterocycles. The van der Waals surface area contributed by atoms with Crippen molar-refractivity contribution in [2.24, 2.45) is 0 Å². The Hall–Kier alpha value is -1.77. The van der Waals surface area contributed by atoms with Crippen molar-refractivity contribution in [1.82, 2.24) is 0 Å². The van der Waals surface area contributed by atoms with Gasteiger partial charge >= 0.3 is 6.61 Å². The van der Waals surface area contributed by atoms with E-state index in [1.807, 2.05) is 0 Å². The van der Waals surface area contributed by atoms with Crippen molar-refractivity contribution in [3.8, 4) is 11.8 Å². The lowest BCUT2D eigenvalue weighted by Crippen LogP contribution is -2.06. The van der Waals surface area contributed by atoms with Crippen LogP contribution in [0, 0.1) is 23.0 Å². The largest absolute Gasteiger partial charge is 0.429 e. The molecule has 1 aromatic rings. The molecule has 0 spiro atoms. The van der Waals surface area contributed by atoms with Gasteiger partial charge in [-0.25, -0.2) is 8.78 Å². The number of halogens is 4. The summed E-state index contributed by atoms with van der Waals surface area (Å²) >= 11 is 0. The summed E-state index contributed by atoms with van der Waals surface area (Å²) in [5.74, 6) is -3.84. The molecule has 0 aliphatic heterocycles. The first-order valence-electron chi connectivity index (χ1n) is 3.38. The molecule has 2 nitrogen and oxygen atoms in total. The Bertz CT molecular complexity index is 362. The van der Waals surface area contributed by atoms with E-state index >= 15 is 0 Å². The predicted octanol–water partition coefficient (Wildman–Crippen LogP) is 2.44. The van der Waals surface area contributed by atoms with E-state index in [1.165, 1.54) is 6.07 Å². The summed E-state index contributed by atoms with van der Waals surface area (Å²) in [6.07, 6.45) is 0. The Labute approximate surface area is 76.3 Å². The fourth-order valence-electron chi connectivity index (χ4n) is 0.826. The Balaban J connectivity index is 3.13. The van der Waals surface area contributed by atoms with Crippen molar-refractivity contribution in [3.05, 3.63) is 29.3 Å².